The van der Waals surface area contributed by atoms with E-state index in [-0.39, 0.29) is 4.90 Å². The minimum Gasteiger partial charge on any atom is -0.491 e. The van der Waals surface area contributed by atoms with Gasteiger partial charge in [0.2, 0.25) is 10.0 Å². The minimum absolute atomic E-state index is 0.140. The Hall–Kier alpha value is -1.27. The van der Waals surface area contributed by atoms with Gasteiger partial charge in [-0.3, -0.25) is 0 Å². The van der Waals surface area contributed by atoms with Crippen molar-refractivity contribution in [3.8, 4) is 5.75 Å². The molecule has 1 rings (SSSR count). The summed E-state index contributed by atoms with van der Waals surface area (Å²) in [7, 11) is -2.10. The van der Waals surface area contributed by atoms with Crippen molar-refractivity contribution in [2.75, 3.05) is 19.4 Å². The van der Waals surface area contributed by atoms with E-state index in [0.717, 1.165) is 12.8 Å². The summed E-state index contributed by atoms with van der Waals surface area (Å²) in [4.78, 5) is 0.140. The molecule has 0 aliphatic heterocycles. The second kappa shape index (κ2) is 6.77. The zero-order valence-corrected chi connectivity index (χ0v) is 12.5. The molecule has 0 bridgehead atoms. The molecule has 0 aliphatic carbocycles. The molecular weight excluding hydrogens is 264 g/mol. The van der Waals surface area contributed by atoms with Gasteiger partial charge >= 0.3 is 0 Å². The molecule has 1 aromatic carbocycles. The zero-order valence-electron chi connectivity index (χ0n) is 11.6. The van der Waals surface area contributed by atoms with Gasteiger partial charge in [-0.15, -0.1) is 0 Å². The number of rotatable bonds is 7. The van der Waals surface area contributed by atoms with Gasteiger partial charge < -0.3 is 10.5 Å². The Kier molecular flexibility index (Phi) is 5.62. The summed E-state index contributed by atoms with van der Waals surface area (Å²) in [5.41, 5.74) is 6.15. The second-order valence-corrected chi connectivity index (χ2v) is 6.50. The van der Waals surface area contributed by atoms with Crippen molar-refractivity contribution < 1.29 is 13.2 Å². The van der Waals surface area contributed by atoms with Crippen molar-refractivity contribution in [3.05, 3.63) is 18.2 Å². The first kappa shape index (κ1) is 15.8. The predicted octanol–water partition coefficient (Wildman–Crippen LogP) is 1.99. The van der Waals surface area contributed by atoms with Gasteiger partial charge in [0.15, 0.2) is 0 Å². The third-order valence-electron chi connectivity index (χ3n) is 2.87. The van der Waals surface area contributed by atoms with Crippen molar-refractivity contribution >= 4 is 15.7 Å². The fourth-order valence-corrected chi connectivity index (χ4v) is 2.52. The van der Waals surface area contributed by atoms with Crippen LogP contribution >= 0.6 is 0 Å². The van der Waals surface area contributed by atoms with Crippen LogP contribution in [0.4, 0.5) is 5.69 Å². The molecule has 0 saturated heterocycles. The van der Waals surface area contributed by atoms with Crippen LogP contribution in [0.15, 0.2) is 23.1 Å². The molecule has 19 heavy (non-hydrogen) atoms. The van der Waals surface area contributed by atoms with Crippen LogP contribution in [0.2, 0.25) is 0 Å². The van der Waals surface area contributed by atoms with Gasteiger partial charge in [-0.2, -0.15) is 0 Å². The molecule has 0 fully saturated rings. The predicted molar refractivity (Wildman–Crippen MR) is 76.7 cm³/mol. The van der Waals surface area contributed by atoms with Gasteiger partial charge in [0, 0.05) is 0 Å². The Balaban J connectivity index is 2.78. The van der Waals surface area contributed by atoms with E-state index in [1.807, 2.05) is 0 Å². The van der Waals surface area contributed by atoms with Crippen LogP contribution in [0.1, 0.15) is 26.7 Å². The lowest BCUT2D eigenvalue weighted by Gasteiger charge is -2.14. The molecule has 0 spiro atoms. The topological polar surface area (TPSA) is 81.4 Å². The van der Waals surface area contributed by atoms with E-state index in [4.69, 9.17) is 10.5 Å². The molecular formula is C13H22N2O3S. The molecule has 0 radical (unpaired) electrons. The first-order valence-corrected chi connectivity index (χ1v) is 7.85. The second-order valence-electron chi connectivity index (χ2n) is 4.61. The van der Waals surface area contributed by atoms with E-state index >= 15 is 0 Å². The van der Waals surface area contributed by atoms with Crippen LogP contribution in [0, 0.1) is 5.92 Å². The van der Waals surface area contributed by atoms with Crippen molar-refractivity contribution in [3.63, 3.8) is 0 Å². The molecule has 108 valence electrons. The number of nitrogens with one attached hydrogen (secondary N) is 1. The lowest BCUT2D eigenvalue weighted by molar-refractivity contribution is 0.252. The molecule has 3 N–H and O–H groups in total. The Labute approximate surface area is 115 Å². The number of nitrogen functional groups attached to an aromatic ring is 1. The van der Waals surface area contributed by atoms with Crippen molar-refractivity contribution in [1.82, 2.24) is 4.72 Å². The van der Waals surface area contributed by atoms with Crippen LogP contribution in [0.25, 0.3) is 0 Å². The summed E-state index contributed by atoms with van der Waals surface area (Å²) in [6.45, 7) is 4.82. The zero-order chi connectivity index (χ0) is 14.5. The normalized spacial score (nSPS) is 13.2. The highest BCUT2D eigenvalue weighted by atomic mass is 32.2. The third-order valence-corrected chi connectivity index (χ3v) is 4.28. The van der Waals surface area contributed by atoms with Gasteiger partial charge in [-0.1, -0.05) is 20.3 Å². The number of ether oxygens (including phenoxy) is 1. The van der Waals surface area contributed by atoms with Crippen LogP contribution in [0.3, 0.4) is 0 Å². The van der Waals surface area contributed by atoms with Crippen LogP contribution in [-0.4, -0.2) is 22.1 Å². The highest BCUT2D eigenvalue weighted by molar-refractivity contribution is 7.89. The van der Waals surface area contributed by atoms with E-state index in [0.29, 0.717) is 24.0 Å². The van der Waals surface area contributed by atoms with Gasteiger partial charge in [0.1, 0.15) is 5.75 Å². The molecule has 0 aliphatic rings. The lowest BCUT2D eigenvalue weighted by Crippen LogP contribution is -2.18. The molecule has 5 nitrogen and oxygen atoms in total. The average Bonchev–Trinajstić information content (AvgIpc) is 2.37. The molecule has 6 heteroatoms. The van der Waals surface area contributed by atoms with Crippen LogP contribution in [0.5, 0.6) is 5.75 Å². The fourth-order valence-electron chi connectivity index (χ4n) is 1.75. The van der Waals surface area contributed by atoms with Crippen molar-refractivity contribution in [1.29, 1.82) is 0 Å². The van der Waals surface area contributed by atoms with Crippen molar-refractivity contribution in [2.45, 2.75) is 31.6 Å². The number of benzene rings is 1. The van der Waals surface area contributed by atoms with Gasteiger partial charge in [0.05, 0.1) is 17.2 Å². The monoisotopic (exact) mass is 286 g/mol. The van der Waals surface area contributed by atoms with Crippen molar-refractivity contribution in [2.24, 2.45) is 5.92 Å². The highest BCUT2D eigenvalue weighted by Gasteiger charge is 2.13. The maximum atomic E-state index is 11.6. The lowest BCUT2D eigenvalue weighted by atomic mass is 10.1. The number of anilines is 1. The van der Waals surface area contributed by atoms with Crippen LogP contribution in [-0.2, 0) is 10.0 Å². The Morgan fingerprint density at radius 1 is 1.42 bits per heavy atom. The first-order valence-electron chi connectivity index (χ1n) is 6.36. The summed E-state index contributed by atoms with van der Waals surface area (Å²) in [6, 6.07) is 4.49. The summed E-state index contributed by atoms with van der Waals surface area (Å²) in [6.07, 6.45) is 2.20. The quantitative estimate of drug-likeness (QED) is 0.751. The fraction of sp³-hybridized carbons (Fsp3) is 0.538. The largest absolute Gasteiger partial charge is 0.491 e. The maximum absolute atomic E-state index is 11.6. The van der Waals surface area contributed by atoms with E-state index in [1.54, 1.807) is 6.07 Å². The van der Waals surface area contributed by atoms with Gasteiger partial charge in [0.25, 0.3) is 0 Å². The molecule has 1 aromatic rings. The van der Waals surface area contributed by atoms with E-state index in [9.17, 15) is 8.42 Å². The first-order chi connectivity index (χ1) is 8.90. The summed E-state index contributed by atoms with van der Waals surface area (Å²) in [5, 5.41) is 0. The number of hydrogen-bond acceptors (Lipinski definition) is 4. The molecule has 0 aromatic heterocycles. The number of hydrogen-bond donors (Lipinski definition) is 2. The molecule has 1 atom stereocenters. The van der Waals surface area contributed by atoms with Gasteiger partial charge in [-0.05, 0) is 37.6 Å². The van der Waals surface area contributed by atoms with E-state index < -0.39 is 10.0 Å². The third kappa shape index (κ3) is 4.40. The van der Waals surface area contributed by atoms with Gasteiger partial charge in [-0.25, -0.2) is 13.1 Å². The van der Waals surface area contributed by atoms with E-state index in [2.05, 4.69) is 18.6 Å². The molecule has 0 saturated carbocycles. The Morgan fingerprint density at radius 2 is 2.11 bits per heavy atom. The molecule has 0 heterocycles. The highest BCUT2D eigenvalue weighted by Crippen LogP contribution is 2.25. The smallest absolute Gasteiger partial charge is 0.240 e. The maximum Gasteiger partial charge on any atom is 0.240 e. The Bertz CT molecular complexity index is 515. The van der Waals surface area contributed by atoms with Crippen LogP contribution < -0.4 is 15.2 Å². The SMILES string of the molecule is CCCC(C)COc1ccc(S(=O)(=O)NC)cc1N. The summed E-state index contributed by atoms with van der Waals surface area (Å²) < 4.78 is 31.1. The average molecular weight is 286 g/mol. The number of sulfonamides is 1. The molecule has 0 amide bonds. The standard InChI is InChI=1S/C13H22N2O3S/c1-4-5-10(2)9-18-13-7-6-11(8-12(13)14)19(16,17)15-3/h6-8,10,15H,4-5,9,14H2,1-3H3. The summed E-state index contributed by atoms with van der Waals surface area (Å²) in [5.74, 6) is 0.975. The Morgan fingerprint density at radius 3 is 2.63 bits per heavy atom. The van der Waals surface area contributed by atoms with E-state index in [1.165, 1.54) is 19.2 Å². The minimum atomic E-state index is -3.46. The number of nitrogens with two attached hydrogens (primary N) is 1. The summed E-state index contributed by atoms with van der Waals surface area (Å²) >= 11 is 0. The molecule has 1 unspecified atom stereocenters.